The van der Waals surface area contributed by atoms with Crippen molar-refractivity contribution in [1.82, 2.24) is 0 Å². The number of aryl methyl sites for hydroxylation is 2. The highest BCUT2D eigenvalue weighted by Crippen LogP contribution is 2.26. The van der Waals surface area contributed by atoms with E-state index in [1.54, 1.807) is 37.3 Å². The van der Waals surface area contributed by atoms with E-state index in [0.717, 1.165) is 11.1 Å². The van der Waals surface area contributed by atoms with E-state index in [2.05, 4.69) is 5.32 Å². The number of carbonyl (C=O) groups is 2. The molecule has 1 atom stereocenters. The lowest BCUT2D eigenvalue weighted by molar-refractivity contribution is -0.141. The third-order valence-corrected chi connectivity index (χ3v) is 5.06. The highest BCUT2D eigenvalue weighted by atomic mass is 35.5. The third-order valence-electron chi connectivity index (χ3n) is 4.49. The molecule has 160 valence electrons. The fraction of sp³-hybridized carbons (Fsp3) is 0.167. The minimum absolute atomic E-state index is 0.304. The van der Waals surface area contributed by atoms with Crippen LogP contribution in [0, 0.1) is 13.8 Å². The average molecular weight is 458 g/mol. The molecule has 0 aliphatic heterocycles. The Bertz CT molecular complexity index is 1110. The number of hydrogen-bond acceptors (Lipinski definition) is 4. The van der Waals surface area contributed by atoms with Crippen molar-refractivity contribution in [2.75, 3.05) is 5.32 Å². The Morgan fingerprint density at radius 1 is 0.935 bits per heavy atom. The molecule has 0 saturated carbocycles. The number of hydrogen-bond donors (Lipinski definition) is 1. The average Bonchev–Trinajstić information content (AvgIpc) is 2.73. The summed E-state index contributed by atoms with van der Waals surface area (Å²) in [7, 11) is 0. The summed E-state index contributed by atoms with van der Waals surface area (Å²) >= 11 is 12.0. The Balaban J connectivity index is 1.61. The molecule has 3 aromatic rings. The second kappa shape index (κ2) is 9.86. The van der Waals surface area contributed by atoms with Crippen LogP contribution in [-0.2, 0) is 4.79 Å². The lowest BCUT2D eigenvalue weighted by Crippen LogP contribution is -2.28. The number of amides is 1. The minimum atomic E-state index is -0.798. The van der Waals surface area contributed by atoms with Crippen molar-refractivity contribution in [1.29, 1.82) is 0 Å². The standard InChI is InChI=1S/C24H21Cl2NO4/c1-14-4-5-15(2)22(12-14)30-16(3)24(29)31-19-9-6-17(7-10-19)23(28)27-21-13-18(25)8-11-20(21)26/h4-13,16H,1-3H3,(H,27,28). The van der Waals surface area contributed by atoms with Crippen molar-refractivity contribution in [2.45, 2.75) is 26.9 Å². The fourth-order valence-corrected chi connectivity index (χ4v) is 3.07. The van der Waals surface area contributed by atoms with Crippen LogP contribution in [0.15, 0.2) is 60.7 Å². The summed E-state index contributed by atoms with van der Waals surface area (Å²) < 4.78 is 11.1. The van der Waals surface area contributed by atoms with Crippen LogP contribution >= 0.6 is 23.2 Å². The Hall–Kier alpha value is -3.02. The van der Waals surface area contributed by atoms with Crippen LogP contribution in [0.2, 0.25) is 10.0 Å². The van der Waals surface area contributed by atoms with E-state index in [1.165, 1.54) is 12.1 Å². The molecule has 3 rings (SSSR count). The molecule has 31 heavy (non-hydrogen) atoms. The number of esters is 1. The summed E-state index contributed by atoms with van der Waals surface area (Å²) in [4.78, 5) is 24.8. The van der Waals surface area contributed by atoms with Gasteiger partial charge in [-0.2, -0.15) is 0 Å². The van der Waals surface area contributed by atoms with Gasteiger partial charge in [-0.3, -0.25) is 4.79 Å². The molecule has 1 unspecified atom stereocenters. The number of ether oxygens (including phenoxy) is 2. The van der Waals surface area contributed by atoms with Gasteiger partial charge < -0.3 is 14.8 Å². The highest BCUT2D eigenvalue weighted by Gasteiger charge is 2.19. The molecule has 0 aliphatic rings. The van der Waals surface area contributed by atoms with Gasteiger partial charge in [0.25, 0.3) is 5.91 Å². The first-order chi connectivity index (χ1) is 14.7. The van der Waals surface area contributed by atoms with Gasteiger partial charge in [0.2, 0.25) is 0 Å². The van der Waals surface area contributed by atoms with Gasteiger partial charge in [-0.15, -0.1) is 0 Å². The van der Waals surface area contributed by atoms with Crippen molar-refractivity contribution < 1.29 is 19.1 Å². The first kappa shape index (κ1) is 22.7. The molecule has 0 fully saturated rings. The second-order valence-corrected chi connectivity index (χ2v) is 7.90. The zero-order chi connectivity index (χ0) is 22.5. The number of carbonyl (C=O) groups excluding carboxylic acids is 2. The van der Waals surface area contributed by atoms with Gasteiger partial charge in [-0.1, -0.05) is 35.3 Å². The van der Waals surface area contributed by atoms with Gasteiger partial charge >= 0.3 is 5.97 Å². The van der Waals surface area contributed by atoms with E-state index >= 15 is 0 Å². The van der Waals surface area contributed by atoms with E-state index in [-0.39, 0.29) is 5.91 Å². The van der Waals surface area contributed by atoms with Gasteiger partial charge in [0.15, 0.2) is 6.10 Å². The molecule has 3 aromatic carbocycles. The summed E-state index contributed by atoms with van der Waals surface area (Å²) in [6.45, 7) is 5.49. The summed E-state index contributed by atoms with van der Waals surface area (Å²) in [5, 5.41) is 3.53. The second-order valence-electron chi connectivity index (χ2n) is 7.05. The van der Waals surface area contributed by atoms with Crippen molar-refractivity contribution in [3.63, 3.8) is 0 Å². The molecule has 0 radical (unpaired) electrons. The van der Waals surface area contributed by atoms with Gasteiger partial charge in [0.1, 0.15) is 11.5 Å². The lowest BCUT2D eigenvalue weighted by atomic mass is 10.1. The van der Waals surface area contributed by atoms with Crippen LogP contribution < -0.4 is 14.8 Å². The molecular weight excluding hydrogens is 437 g/mol. The summed E-state index contributed by atoms with van der Waals surface area (Å²) in [5.41, 5.74) is 2.75. The Kier molecular flexibility index (Phi) is 7.21. The van der Waals surface area contributed by atoms with Crippen LogP contribution in [0.25, 0.3) is 0 Å². The van der Waals surface area contributed by atoms with Gasteiger partial charge in [-0.25, -0.2) is 4.79 Å². The molecule has 1 amide bonds. The first-order valence-corrected chi connectivity index (χ1v) is 10.3. The lowest BCUT2D eigenvalue weighted by Gasteiger charge is -2.16. The zero-order valence-electron chi connectivity index (χ0n) is 17.2. The maximum Gasteiger partial charge on any atom is 0.352 e. The number of anilines is 1. The Labute approximate surface area is 190 Å². The van der Waals surface area contributed by atoms with Crippen molar-refractivity contribution in [2.24, 2.45) is 0 Å². The molecule has 0 spiro atoms. The minimum Gasteiger partial charge on any atom is -0.479 e. The maximum absolute atomic E-state index is 12.4. The third kappa shape index (κ3) is 6.00. The van der Waals surface area contributed by atoms with Crippen LogP contribution in [0.1, 0.15) is 28.4 Å². The molecule has 0 aromatic heterocycles. The molecule has 5 nitrogen and oxygen atoms in total. The van der Waals surface area contributed by atoms with Crippen LogP contribution in [0.4, 0.5) is 5.69 Å². The van der Waals surface area contributed by atoms with Crippen LogP contribution in [-0.4, -0.2) is 18.0 Å². The van der Waals surface area contributed by atoms with Crippen LogP contribution in [0.3, 0.4) is 0 Å². The topological polar surface area (TPSA) is 64.6 Å². The number of nitrogens with one attached hydrogen (secondary N) is 1. The molecular formula is C24H21Cl2NO4. The highest BCUT2D eigenvalue weighted by molar-refractivity contribution is 6.35. The smallest absolute Gasteiger partial charge is 0.352 e. The fourth-order valence-electron chi connectivity index (χ4n) is 2.73. The number of halogens is 2. The molecule has 0 aliphatic carbocycles. The molecule has 0 bridgehead atoms. The summed E-state index contributed by atoms with van der Waals surface area (Å²) in [6, 6.07) is 16.8. The largest absolute Gasteiger partial charge is 0.479 e. The van der Waals surface area contributed by atoms with E-state index in [4.69, 9.17) is 32.7 Å². The monoisotopic (exact) mass is 457 g/mol. The quantitative estimate of drug-likeness (QED) is 0.351. The van der Waals surface area contributed by atoms with Gasteiger partial charge in [0, 0.05) is 10.6 Å². The van der Waals surface area contributed by atoms with Gasteiger partial charge in [-0.05, 0) is 80.4 Å². The number of rotatable bonds is 6. The van der Waals surface area contributed by atoms with Crippen molar-refractivity contribution in [3.05, 3.63) is 87.4 Å². The van der Waals surface area contributed by atoms with E-state index in [9.17, 15) is 9.59 Å². The molecule has 7 heteroatoms. The Morgan fingerprint density at radius 3 is 2.35 bits per heavy atom. The molecule has 0 heterocycles. The zero-order valence-corrected chi connectivity index (χ0v) is 18.8. The Morgan fingerprint density at radius 2 is 1.65 bits per heavy atom. The van der Waals surface area contributed by atoms with E-state index in [0.29, 0.717) is 32.8 Å². The predicted octanol–water partition coefficient (Wildman–Crippen LogP) is 6.24. The number of benzene rings is 3. The molecule has 1 N–H and O–H groups in total. The SMILES string of the molecule is Cc1ccc(C)c(OC(C)C(=O)Oc2ccc(C(=O)Nc3cc(Cl)ccc3Cl)cc2)c1. The van der Waals surface area contributed by atoms with E-state index < -0.39 is 12.1 Å². The summed E-state index contributed by atoms with van der Waals surface area (Å²) in [6.07, 6.45) is -0.798. The van der Waals surface area contributed by atoms with Crippen LogP contribution in [0.5, 0.6) is 11.5 Å². The summed E-state index contributed by atoms with van der Waals surface area (Å²) in [5.74, 6) is 0.0346. The maximum atomic E-state index is 12.4. The predicted molar refractivity (Wildman–Crippen MR) is 122 cm³/mol. The molecule has 0 saturated heterocycles. The van der Waals surface area contributed by atoms with Crippen molar-refractivity contribution >= 4 is 40.8 Å². The van der Waals surface area contributed by atoms with Crippen molar-refractivity contribution in [3.8, 4) is 11.5 Å². The van der Waals surface area contributed by atoms with Gasteiger partial charge in [0.05, 0.1) is 10.7 Å². The van der Waals surface area contributed by atoms with E-state index in [1.807, 2.05) is 32.0 Å². The first-order valence-electron chi connectivity index (χ1n) is 9.55. The normalized spacial score (nSPS) is 11.5.